The Hall–Kier alpha value is -0.330. The van der Waals surface area contributed by atoms with Gasteiger partial charge in [0.1, 0.15) is 5.78 Å². The molecule has 1 nitrogen and oxygen atoms in total. The molecular formula is C16H30O. The molecule has 1 saturated carbocycles. The first kappa shape index (κ1) is 14.7. The minimum atomic E-state index is 0.375. The van der Waals surface area contributed by atoms with Crippen molar-refractivity contribution in [3.8, 4) is 0 Å². The summed E-state index contributed by atoms with van der Waals surface area (Å²) in [7, 11) is 0. The maximum atomic E-state index is 12.2. The monoisotopic (exact) mass is 238 g/mol. The Balaban J connectivity index is 2.43. The van der Waals surface area contributed by atoms with E-state index in [2.05, 4.69) is 20.8 Å². The lowest BCUT2D eigenvalue weighted by atomic mass is 9.84. The van der Waals surface area contributed by atoms with E-state index in [-0.39, 0.29) is 0 Å². The highest BCUT2D eigenvalue weighted by Gasteiger charge is 2.24. The van der Waals surface area contributed by atoms with Gasteiger partial charge in [-0.2, -0.15) is 0 Å². The molecule has 1 aliphatic rings. The van der Waals surface area contributed by atoms with Gasteiger partial charge < -0.3 is 0 Å². The second-order valence-corrected chi connectivity index (χ2v) is 6.29. The number of hydrogen-bond acceptors (Lipinski definition) is 1. The van der Waals surface area contributed by atoms with E-state index in [1.165, 1.54) is 44.9 Å². The van der Waals surface area contributed by atoms with Crippen LogP contribution in [0, 0.1) is 17.8 Å². The summed E-state index contributed by atoms with van der Waals surface area (Å²) in [5.74, 6) is 2.30. The number of carbonyl (C=O) groups excluding carboxylic acids is 1. The highest BCUT2D eigenvalue weighted by Crippen LogP contribution is 2.33. The summed E-state index contributed by atoms with van der Waals surface area (Å²) in [6.45, 7) is 6.54. The Morgan fingerprint density at radius 2 is 1.88 bits per heavy atom. The van der Waals surface area contributed by atoms with Crippen LogP contribution in [0.4, 0.5) is 0 Å². The Labute approximate surface area is 107 Å². The zero-order valence-electron chi connectivity index (χ0n) is 12.0. The van der Waals surface area contributed by atoms with Crippen molar-refractivity contribution < 1.29 is 4.79 Å². The molecule has 1 heteroatoms. The van der Waals surface area contributed by atoms with E-state index in [9.17, 15) is 4.79 Å². The molecule has 0 N–H and O–H groups in total. The number of ketones is 1. The summed E-state index contributed by atoms with van der Waals surface area (Å²) in [4.78, 5) is 12.2. The van der Waals surface area contributed by atoms with Crippen LogP contribution in [0.5, 0.6) is 0 Å². The lowest BCUT2D eigenvalue weighted by Gasteiger charge is -2.20. The van der Waals surface area contributed by atoms with Crippen LogP contribution in [0.3, 0.4) is 0 Å². The molecule has 0 amide bonds. The third-order valence-electron chi connectivity index (χ3n) is 4.06. The SMILES string of the molecule is CCCCC(CC1CCCC1)C(=O)CC(C)C. The smallest absolute Gasteiger partial charge is 0.136 e. The Bertz CT molecular complexity index is 214. The van der Waals surface area contributed by atoms with Crippen molar-refractivity contribution in [3.05, 3.63) is 0 Å². The number of hydrogen-bond donors (Lipinski definition) is 0. The summed E-state index contributed by atoms with van der Waals surface area (Å²) in [6.07, 6.45) is 11.1. The molecule has 17 heavy (non-hydrogen) atoms. The van der Waals surface area contributed by atoms with Crippen LogP contribution >= 0.6 is 0 Å². The first-order valence-electron chi connectivity index (χ1n) is 7.66. The minimum absolute atomic E-state index is 0.375. The largest absolute Gasteiger partial charge is 0.299 e. The Morgan fingerprint density at radius 3 is 2.41 bits per heavy atom. The molecule has 0 aliphatic heterocycles. The van der Waals surface area contributed by atoms with Gasteiger partial charge in [-0.3, -0.25) is 4.79 Å². The molecule has 0 aromatic rings. The fourth-order valence-corrected chi connectivity index (χ4v) is 3.08. The summed E-state index contributed by atoms with van der Waals surface area (Å²) < 4.78 is 0. The maximum Gasteiger partial charge on any atom is 0.136 e. The summed E-state index contributed by atoms with van der Waals surface area (Å²) in [6, 6.07) is 0. The molecule has 1 fully saturated rings. The third kappa shape index (κ3) is 5.70. The standard InChI is InChI=1S/C16H30O/c1-4-5-10-15(16(17)11-13(2)3)12-14-8-6-7-9-14/h13-15H,4-12H2,1-3H3. The second kappa shape index (κ2) is 7.89. The van der Waals surface area contributed by atoms with Crippen LogP contribution < -0.4 is 0 Å². The van der Waals surface area contributed by atoms with Crippen molar-refractivity contribution in [2.45, 2.75) is 78.6 Å². The van der Waals surface area contributed by atoms with E-state index in [1.807, 2.05) is 0 Å². The predicted octanol–water partition coefficient (Wildman–Crippen LogP) is 4.99. The number of carbonyl (C=O) groups is 1. The molecule has 1 rings (SSSR count). The van der Waals surface area contributed by atoms with Crippen LogP contribution in [0.1, 0.15) is 78.6 Å². The van der Waals surface area contributed by atoms with Crippen LogP contribution in [-0.4, -0.2) is 5.78 Å². The van der Waals surface area contributed by atoms with E-state index < -0.39 is 0 Å². The molecule has 0 aromatic heterocycles. The average Bonchev–Trinajstić information content (AvgIpc) is 2.75. The minimum Gasteiger partial charge on any atom is -0.299 e. The molecule has 0 aromatic carbocycles. The van der Waals surface area contributed by atoms with Crippen LogP contribution in [-0.2, 0) is 4.79 Å². The third-order valence-corrected chi connectivity index (χ3v) is 4.06. The molecular weight excluding hydrogens is 208 g/mol. The van der Waals surface area contributed by atoms with Crippen LogP contribution in [0.2, 0.25) is 0 Å². The van der Waals surface area contributed by atoms with E-state index >= 15 is 0 Å². The fraction of sp³-hybridized carbons (Fsp3) is 0.938. The van der Waals surface area contributed by atoms with Gasteiger partial charge in [0, 0.05) is 12.3 Å². The van der Waals surface area contributed by atoms with Gasteiger partial charge in [0.05, 0.1) is 0 Å². The molecule has 1 aliphatic carbocycles. The molecule has 0 radical (unpaired) electrons. The zero-order valence-corrected chi connectivity index (χ0v) is 12.0. The van der Waals surface area contributed by atoms with Gasteiger partial charge in [0.2, 0.25) is 0 Å². The zero-order chi connectivity index (χ0) is 12.7. The van der Waals surface area contributed by atoms with Gasteiger partial charge in [0.25, 0.3) is 0 Å². The van der Waals surface area contributed by atoms with Gasteiger partial charge >= 0.3 is 0 Å². The lowest BCUT2D eigenvalue weighted by molar-refractivity contribution is -0.124. The van der Waals surface area contributed by atoms with Gasteiger partial charge in [-0.1, -0.05) is 59.3 Å². The van der Waals surface area contributed by atoms with E-state index in [4.69, 9.17) is 0 Å². The van der Waals surface area contributed by atoms with Crippen LogP contribution in [0.25, 0.3) is 0 Å². The van der Waals surface area contributed by atoms with Crippen molar-refractivity contribution >= 4 is 5.78 Å². The molecule has 0 heterocycles. The van der Waals surface area contributed by atoms with Crippen molar-refractivity contribution in [2.24, 2.45) is 17.8 Å². The molecule has 1 unspecified atom stereocenters. The fourth-order valence-electron chi connectivity index (χ4n) is 3.08. The van der Waals surface area contributed by atoms with Crippen molar-refractivity contribution in [1.29, 1.82) is 0 Å². The summed E-state index contributed by atoms with van der Waals surface area (Å²) >= 11 is 0. The van der Waals surface area contributed by atoms with E-state index in [1.54, 1.807) is 0 Å². The van der Waals surface area contributed by atoms with Gasteiger partial charge in [-0.05, 0) is 24.7 Å². The molecule has 0 saturated heterocycles. The highest BCUT2D eigenvalue weighted by molar-refractivity contribution is 5.81. The first-order chi connectivity index (χ1) is 8.13. The lowest BCUT2D eigenvalue weighted by Crippen LogP contribution is -2.19. The predicted molar refractivity (Wildman–Crippen MR) is 74.1 cm³/mol. The summed E-state index contributed by atoms with van der Waals surface area (Å²) in [5, 5.41) is 0. The topological polar surface area (TPSA) is 17.1 Å². The number of unbranched alkanes of at least 4 members (excludes halogenated alkanes) is 1. The number of rotatable bonds is 8. The Morgan fingerprint density at radius 1 is 1.24 bits per heavy atom. The van der Waals surface area contributed by atoms with Crippen molar-refractivity contribution in [1.82, 2.24) is 0 Å². The summed E-state index contributed by atoms with van der Waals surface area (Å²) in [5.41, 5.74) is 0. The van der Waals surface area contributed by atoms with Crippen molar-refractivity contribution in [3.63, 3.8) is 0 Å². The van der Waals surface area contributed by atoms with E-state index in [0.29, 0.717) is 17.6 Å². The molecule has 0 spiro atoms. The maximum absolute atomic E-state index is 12.2. The molecule has 1 atom stereocenters. The molecule has 0 bridgehead atoms. The average molecular weight is 238 g/mol. The van der Waals surface area contributed by atoms with Crippen LogP contribution in [0.15, 0.2) is 0 Å². The van der Waals surface area contributed by atoms with Gasteiger partial charge in [-0.25, -0.2) is 0 Å². The van der Waals surface area contributed by atoms with E-state index in [0.717, 1.165) is 18.8 Å². The molecule has 100 valence electrons. The highest BCUT2D eigenvalue weighted by atomic mass is 16.1. The Kier molecular flexibility index (Phi) is 6.84. The normalized spacial score (nSPS) is 18.8. The second-order valence-electron chi connectivity index (χ2n) is 6.29. The van der Waals surface area contributed by atoms with Crippen molar-refractivity contribution in [2.75, 3.05) is 0 Å². The van der Waals surface area contributed by atoms with Gasteiger partial charge in [0.15, 0.2) is 0 Å². The van der Waals surface area contributed by atoms with Gasteiger partial charge in [-0.15, -0.1) is 0 Å². The number of Topliss-reactive ketones (excluding diaryl/α,β-unsaturated/α-hetero) is 1. The first-order valence-corrected chi connectivity index (χ1v) is 7.66. The quantitative estimate of drug-likeness (QED) is 0.582.